The molecule has 0 aliphatic rings. The first kappa shape index (κ1) is 24.5. The van der Waals surface area contributed by atoms with Gasteiger partial charge in [0.05, 0.1) is 29.5 Å². The lowest BCUT2D eigenvalue weighted by molar-refractivity contribution is 0.0977. The van der Waals surface area contributed by atoms with Gasteiger partial charge in [0, 0.05) is 23.3 Å². The molecule has 1 aromatic carbocycles. The number of halogens is 1. The lowest BCUT2D eigenvalue weighted by Crippen LogP contribution is -2.30. The highest BCUT2D eigenvalue weighted by Gasteiger charge is 2.22. The highest BCUT2D eigenvalue weighted by atomic mass is 35.5. The molecule has 31 heavy (non-hydrogen) atoms. The fraction of sp³-hybridized carbons (Fsp3) is 0.300. The molecule has 0 spiro atoms. The summed E-state index contributed by atoms with van der Waals surface area (Å²) in [4.78, 5) is 23.4. The van der Waals surface area contributed by atoms with E-state index in [-0.39, 0.29) is 5.69 Å². The molecule has 0 radical (unpaired) electrons. The second-order valence-electron chi connectivity index (χ2n) is 6.45. The number of nitrogens with zero attached hydrogens (tertiary/aromatic N) is 4. The molecule has 11 heteroatoms. The van der Waals surface area contributed by atoms with Crippen LogP contribution >= 0.6 is 22.9 Å². The van der Waals surface area contributed by atoms with Crippen molar-refractivity contribution < 1.29 is 13.2 Å². The van der Waals surface area contributed by atoms with Crippen LogP contribution in [0.15, 0.2) is 40.4 Å². The van der Waals surface area contributed by atoms with E-state index in [1.54, 1.807) is 37.4 Å². The normalized spacial score (nSPS) is 12.0. The van der Waals surface area contributed by atoms with Crippen molar-refractivity contribution in [1.82, 2.24) is 9.71 Å². The van der Waals surface area contributed by atoms with Gasteiger partial charge in [0.2, 0.25) is 10.0 Å². The number of carbonyl (C=O) groups is 1. The van der Waals surface area contributed by atoms with Crippen LogP contribution in [0, 0.1) is 18.3 Å². The van der Waals surface area contributed by atoms with Crippen LogP contribution in [0.25, 0.3) is 0 Å². The number of aryl methyl sites for hydroxylation is 1. The van der Waals surface area contributed by atoms with Crippen molar-refractivity contribution in [3.63, 3.8) is 0 Å². The average Bonchev–Trinajstić information content (AvgIpc) is 3.08. The number of thiazole rings is 1. The highest BCUT2D eigenvalue weighted by Crippen LogP contribution is 2.31. The second-order valence-corrected chi connectivity index (χ2v) is 9.81. The summed E-state index contributed by atoms with van der Waals surface area (Å²) in [6.07, 6.45) is 5.14. The monoisotopic (exact) mass is 479 g/mol. The molecule has 2 rings (SSSR count). The fourth-order valence-electron chi connectivity index (χ4n) is 2.53. The smallest absolute Gasteiger partial charge is 0.284 e. The van der Waals surface area contributed by atoms with Crippen LogP contribution < -0.4 is 9.62 Å². The van der Waals surface area contributed by atoms with Crippen LogP contribution in [0.5, 0.6) is 0 Å². The summed E-state index contributed by atoms with van der Waals surface area (Å²) in [7, 11) is -3.71. The molecule has 0 saturated heterocycles. The Bertz CT molecular complexity index is 1130. The van der Waals surface area contributed by atoms with Crippen LogP contribution in [0.3, 0.4) is 0 Å². The average molecular weight is 480 g/mol. The number of sulfonamides is 1. The molecule has 0 saturated carbocycles. The quantitative estimate of drug-likeness (QED) is 0.547. The van der Waals surface area contributed by atoms with E-state index in [2.05, 4.69) is 16.0 Å². The van der Waals surface area contributed by atoms with Gasteiger partial charge < -0.3 is 4.90 Å². The molecule has 0 aliphatic carbocycles. The molecule has 1 N–H and O–H groups in total. The number of nitriles is 1. The minimum absolute atomic E-state index is 0.0431. The van der Waals surface area contributed by atoms with Crippen molar-refractivity contribution in [2.24, 2.45) is 4.99 Å². The number of aliphatic imine (C=N–C) groups is 1. The number of anilines is 2. The maximum Gasteiger partial charge on any atom is 0.284 e. The van der Waals surface area contributed by atoms with Gasteiger partial charge in [0.15, 0.2) is 5.13 Å². The summed E-state index contributed by atoms with van der Waals surface area (Å²) in [6.45, 7) is 4.50. The van der Waals surface area contributed by atoms with Crippen molar-refractivity contribution in [3.8, 4) is 6.07 Å². The van der Waals surface area contributed by atoms with Gasteiger partial charge in [-0.25, -0.2) is 18.1 Å². The number of allylic oxidation sites excluding steroid dienone is 2. The Kier molecular flexibility index (Phi) is 8.74. The van der Waals surface area contributed by atoms with Gasteiger partial charge in [-0.05, 0) is 37.6 Å². The summed E-state index contributed by atoms with van der Waals surface area (Å²) in [5.41, 5.74) is 1.32. The van der Waals surface area contributed by atoms with Crippen LogP contribution in [0.2, 0.25) is 0 Å². The topological polar surface area (TPSA) is 116 Å². The van der Waals surface area contributed by atoms with Crippen molar-refractivity contribution in [2.75, 3.05) is 24.2 Å². The summed E-state index contributed by atoms with van der Waals surface area (Å²) in [5.74, 6) is -0.781. The third-order valence-corrected chi connectivity index (χ3v) is 5.69. The molecular formula is C20H22ClN5O3S2. The van der Waals surface area contributed by atoms with Crippen LogP contribution in [0.4, 0.5) is 10.8 Å². The first-order valence-electron chi connectivity index (χ1n) is 9.27. The summed E-state index contributed by atoms with van der Waals surface area (Å²) >= 11 is 7.30. The molecule has 1 aromatic heterocycles. The Morgan fingerprint density at radius 3 is 2.65 bits per heavy atom. The zero-order valence-corrected chi connectivity index (χ0v) is 19.7. The van der Waals surface area contributed by atoms with Gasteiger partial charge in [-0.1, -0.05) is 24.6 Å². The molecule has 2 aromatic rings. The maximum absolute atomic E-state index is 12.3. The number of rotatable bonds is 9. The lowest BCUT2D eigenvalue weighted by atomic mass is 10.2. The third-order valence-electron chi connectivity index (χ3n) is 3.88. The number of nitrogens with one attached hydrogen (secondary N) is 1. The summed E-state index contributed by atoms with van der Waals surface area (Å²) in [6, 6.07) is 9.00. The zero-order chi connectivity index (χ0) is 23.0. The molecule has 0 aliphatic heterocycles. The van der Waals surface area contributed by atoms with Gasteiger partial charge in [-0.3, -0.25) is 9.79 Å². The zero-order valence-electron chi connectivity index (χ0n) is 17.3. The van der Waals surface area contributed by atoms with Gasteiger partial charge >= 0.3 is 0 Å². The molecule has 0 unspecified atom stereocenters. The third kappa shape index (κ3) is 7.47. The molecule has 0 atom stereocenters. The predicted octanol–water partition coefficient (Wildman–Crippen LogP) is 3.75. The minimum Gasteiger partial charge on any atom is -0.316 e. The molecule has 0 fully saturated rings. The first-order chi connectivity index (χ1) is 14.6. The predicted molar refractivity (Wildman–Crippen MR) is 125 cm³/mol. The summed E-state index contributed by atoms with van der Waals surface area (Å²) in [5, 5.41) is 10.1. The Hall–Kier alpha value is -2.74. The van der Waals surface area contributed by atoms with Crippen LogP contribution in [-0.4, -0.2) is 44.9 Å². The Labute approximate surface area is 190 Å². The van der Waals surface area contributed by atoms with Crippen molar-refractivity contribution in [1.29, 1.82) is 5.26 Å². The Balaban J connectivity index is 2.34. The number of hydrogen-bond acceptors (Lipinski definition) is 8. The van der Waals surface area contributed by atoms with Gasteiger partial charge in [0.1, 0.15) is 5.69 Å². The highest BCUT2D eigenvalue weighted by molar-refractivity contribution is 7.89. The maximum atomic E-state index is 12.3. The van der Waals surface area contributed by atoms with E-state index < -0.39 is 15.9 Å². The Morgan fingerprint density at radius 2 is 2.06 bits per heavy atom. The minimum atomic E-state index is -3.71. The van der Waals surface area contributed by atoms with E-state index in [1.807, 2.05) is 22.6 Å². The van der Waals surface area contributed by atoms with E-state index in [0.29, 0.717) is 33.7 Å². The SMILES string of the molecule is CC/C=C(Cl)\C=N/CCN(c1ccc(C#N)cc1)c1nc(C(=O)NS(C)(=O)=O)c(C)s1. The fourth-order valence-corrected chi connectivity index (χ4v) is 4.14. The van der Waals surface area contributed by atoms with E-state index in [4.69, 9.17) is 16.9 Å². The largest absolute Gasteiger partial charge is 0.316 e. The number of carbonyl (C=O) groups excluding carboxylic acids is 1. The molecule has 0 bridgehead atoms. The van der Waals surface area contributed by atoms with E-state index in [0.717, 1.165) is 18.4 Å². The van der Waals surface area contributed by atoms with E-state index in [9.17, 15) is 13.2 Å². The number of hydrogen-bond donors (Lipinski definition) is 1. The van der Waals surface area contributed by atoms with Gasteiger partial charge in [0.25, 0.3) is 5.91 Å². The standard InChI is InChI=1S/C20H22ClN5O3S2/c1-4-5-16(21)13-23-10-11-26(17-8-6-15(12-22)7-9-17)20-24-18(14(2)30-20)19(27)25-31(3,28)29/h5-9,13H,4,10-11H2,1-3H3,(H,25,27)/b16-5+,23-13-. The molecule has 1 heterocycles. The number of benzene rings is 1. The second kappa shape index (κ2) is 11.0. The number of amides is 1. The summed E-state index contributed by atoms with van der Waals surface area (Å²) < 4.78 is 24.7. The van der Waals surface area contributed by atoms with Crippen molar-refractivity contribution >= 4 is 55.9 Å². The Morgan fingerprint density at radius 1 is 1.39 bits per heavy atom. The van der Waals surface area contributed by atoms with Crippen LogP contribution in [0.1, 0.15) is 34.3 Å². The van der Waals surface area contributed by atoms with Crippen molar-refractivity contribution in [2.45, 2.75) is 20.3 Å². The molecule has 164 valence electrons. The van der Waals surface area contributed by atoms with Crippen molar-refractivity contribution in [3.05, 3.63) is 51.5 Å². The molecule has 1 amide bonds. The van der Waals surface area contributed by atoms with Crippen LogP contribution in [-0.2, 0) is 10.0 Å². The number of aromatic nitrogens is 1. The van der Waals surface area contributed by atoms with E-state index >= 15 is 0 Å². The molecule has 8 nitrogen and oxygen atoms in total. The first-order valence-corrected chi connectivity index (χ1v) is 12.4. The van der Waals surface area contributed by atoms with Gasteiger partial charge in [-0.15, -0.1) is 11.3 Å². The van der Waals surface area contributed by atoms with Gasteiger partial charge in [-0.2, -0.15) is 5.26 Å². The van der Waals surface area contributed by atoms with E-state index in [1.165, 1.54) is 11.3 Å². The lowest BCUT2D eigenvalue weighted by Gasteiger charge is -2.21. The molecular weight excluding hydrogens is 458 g/mol.